The minimum atomic E-state index is -0.146. The van der Waals surface area contributed by atoms with Crippen molar-refractivity contribution in [1.82, 2.24) is 4.98 Å². The van der Waals surface area contributed by atoms with Gasteiger partial charge in [0.2, 0.25) is 0 Å². The van der Waals surface area contributed by atoms with E-state index in [9.17, 15) is 4.79 Å². The molecule has 0 aromatic carbocycles. The quantitative estimate of drug-likeness (QED) is 0.530. The molecule has 1 rings (SSSR count). The van der Waals surface area contributed by atoms with E-state index in [1.165, 1.54) is 4.88 Å². The number of aryl methyl sites for hydroxylation is 1. The van der Waals surface area contributed by atoms with Crippen LogP contribution >= 0.6 is 11.3 Å². The second-order valence-electron chi connectivity index (χ2n) is 3.63. The molecular weight excluding hydrogens is 238 g/mol. The maximum Gasteiger partial charge on any atom is 0.305 e. The molecule has 0 saturated heterocycles. The highest BCUT2D eigenvalue weighted by atomic mass is 32.1. The van der Waals surface area contributed by atoms with Crippen molar-refractivity contribution < 1.29 is 14.3 Å². The van der Waals surface area contributed by atoms with E-state index in [0.29, 0.717) is 26.2 Å². The molecule has 1 aromatic rings. The minimum Gasteiger partial charge on any atom is -0.465 e. The first-order chi connectivity index (χ1) is 8.24. The van der Waals surface area contributed by atoms with Gasteiger partial charge < -0.3 is 9.47 Å². The molecule has 1 heterocycles. The Balaban J connectivity index is 2.06. The zero-order valence-corrected chi connectivity index (χ0v) is 11.2. The van der Waals surface area contributed by atoms with Gasteiger partial charge in [-0.3, -0.25) is 4.79 Å². The van der Waals surface area contributed by atoms with Gasteiger partial charge in [0, 0.05) is 30.9 Å². The van der Waals surface area contributed by atoms with E-state index in [4.69, 9.17) is 9.47 Å². The lowest BCUT2D eigenvalue weighted by molar-refractivity contribution is -0.143. The molecule has 0 saturated carbocycles. The molecule has 0 atom stereocenters. The van der Waals surface area contributed by atoms with Gasteiger partial charge in [-0.1, -0.05) is 0 Å². The lowest BCUT2D eigenvalue weighted by Crippen LogP contribution is -2.08. The number of hydrogen-bond donors (Lipinski definition) is 0. The predicted octanol–water partition coefficient (Wildman–Crippen LogP) is 2.35. The van der Waals surface area contributed by atoms with Gasteiger partial charge in [-0.05, 0) is 20.3 Å². The average Bonchev–Trinajstić information content (AvgIpc) is 2.71. The zero-order chi connectivity index (χ0) is 12.5. The molecule has 0 unspecified atom stereocenters. The number of thiazole rings is 1. The van der Waals surface area contributed by atoms with Crippen LogP contribution in [0.4, 0.5) is 0 Å². The first-order valence-electron chi connectivity index (χ1n) is 5.86. The summed E-state index contributed by atoms with van der Waals surface area (Å²) in [4.78, 5) is 16.7. The first-order valence-corrected chi connectivity index (χ1v) is 6.74. The number of rotatable bonds is 8. The van der Waals surface area contributed by atoms with Crippen LogP contribution in [-0.2, 0) is 20.7 Å². The van der Waals surface area contributed by atoms with Crippen LogP contribution in [-0.4, -0.2) is 30.8 Å². The highest BCUT2D eigenvalue weighted by molar-refractivity contribution is 7.09. The molecule has 0 spiro atoms. The maximum absolute atomic E-state index is 11.3. The Labute approximate surface area is 106 Å². The van der Waals surface area contributed by atoms with E-state index in [0.717, 1.165) is 18.5 Å². The summed E-state index contributed by atoms with van der Waals surface area (Å²) in [5, 5.41) is 0. The van der Waals surface area contributed by atoms with Crippen LogP contribution < -0.4 is 0 Å². The van der Waals surface area contributed by atoms with Gasteiger partial charge in [0.15, 0.2) is 0 Å². The van der Waals surface area contributed by atoms with Crippen molar-refractivity contribution in [3.8, 4) is 0 Å². The molecule has 0 aliphatic carbocycles. The number of nitrogens with zero attached hydrogens (tertiary/aromatic N) is 1. The Kier molecular flexibility index (Phi) is 6.81. The standard InChI is InChI=1S/C12H19NO3S/c1-3-15-7-4-5-12(14)16-8-6-11-10(2)13-9-17-11/h9H,3-8H2,1-2H3. The van der Waals surface area contributed by atoms with Gasteiger partial charge in [0.05, 0.1) is 17.8 Å². The number of ether oxygens (including phenoxy) is 2. The number of hydrogen-bond acceptors (Lipinski definition) is 5. The van der Waals surface area contributed by atoms with Gasteiger partial charge in [0.1, 0.15) is 0 Å². The van der Waals surface area contributed by atoms with Gasteiger partial charge in [-0.25, -0.2) is 4.98 Å². The molecule has 0 bridgehead atoms. The third kappa shape index (κ3) is 5.79. The van der Waals surface area contributed by atoms with Crippen molar-refractivity contribution in [2.45, 2.75) is 33.1 Å². The van der Waals surface area contributed by atoms with Crippen molar-refractivity contribution in [2.75, 3.05) is 19.8 Å². The minimum absolute atomic E-state index is 0.146. The number of esters is 1. The van der Waals surface area contributed by atoms with Crippen molar-refractivity contribution in [2.24, 2.45) is 0 Å². The summed E-state index contributed by atoms with van der Waals surface area (Å²) in [5.41, 5.74) is 2.84. The van der Waals surface area contributed by atoms with E-state index in [-0.39, 0.29) is 5.97 Å². The van der Waals surface area contributed by atoms with Crippen LogP contribution in [0.15, 0.2) is 5.51 Å². The fraction of sp³-hybridized carbons (Fsp3) is 0.667. The van der Waals surface area contributed by atoms with Crippen LogP contribution in [0.25, 0.3) is 0 Å². The Morgan fingerprint density at radius 2 is 2.29 bits per heavy atom. The molecular formula is C12H19NO3S. The zero-order valence-electron chi connectivity index (χ0n) is 10.4. The Bertz CT molecular complexity index is 338. The monoisotopic (exact) mass is 257 g/mol. The van der Waals surface area contributed by atoms with Crippen molar-refractivity contribution in [3.63, 3.8) is 0 Å². The highest BCUT2D eigenvalue weighted by Crippen LogP contribution is 2.12. The van der Waals surface area contributed by atoms with E-state index in [1.54, 1.807) is 11.3 Å². The Hall–Kier alpha value is -0.940. The summed E-state index contributed by atoms with van der Waals surface area (Å²) in [6.07, 6.45) is 1.92. The molecule has 0 aliphatic heterocycles. The van der Waals surface area contributed by atoms with E-state index in [2.05, 4.69) is 4.98 Å². The van der Waals surface area contributed by atoms with E-state index < -0.39 is 0 Å². The fourth-order valence-corrected chi connectivity index (χ4v) is 2.12. The molecule has 96 valence electrons. The smallest absolute Gasteiger partial charge is 0.305 e. The lowest BCUT2D eigenvalue weighted by Gasteiger charge is -2.04. The highest BCUT2D eigenvalue weighted by Gasteiger charge is 2.05. The molecule has 0 N–H and O–H groups in total. The number of carbonyl (C=O) groups is 1. The molecule has 1 aromatic heterocycles. The maximum atomic E-state index is 11.3. The summed E-state index contributed by atoms with van der Waals surface area (Å²) in [5.74, 6) is -0.146. The second-order valence-corrected chi connectivity index (χ2v) is 4.57. The summed E-state index contributed by atoms with van der Waals surface area (Å²) in [6, 6.07) is 0. The summed E-state index contributed by atoms with van der Waals surface area (Å²) in [6.45, 7) is 5.67. The van der Waals surface area contributed by atoms with Gasteiger partial charge in [-0.15, -0.1) is 11.3 Å². The summed E-state index contributed by atoms with van der Waals surface area (Å²) < 4.78 is 10.3. The predicted molar refractivity (Wildman–Crippen MR) is 67.2 cm³/mol. The summed E-state index contributed by atoms with van der Waals surface area (Å²) >= 11 is 1.60. The average molecular weight is 257 g/mol. The molecule has 5 heteroatoms. The first kappa shape index (κ1) is 14.1. The number of aromatic nitrogens is 1. The Morgan fingerprint density at radius 3 is 2.94 bits per heavy atom. The summed E-state index contributed by atoms with van der Waals surface area (Å²) in [7, 11) is 0. The van der Waals surface area contributed by atoms with Gasteiger partial charge in [-0.2, -0.15) is 0 Å². The largest absolute Gasteiger partial charge is 0.465 e. The second kappa shape index (κ2) is 8.20. The molecule has 0 aliphatic rings. The molecule has 4 nitrogen and oxygen atoms in total. The van der Waals surface area contributed by atoms with E-state index in [1.807, 2.05) is 19.4 Å². The van der Waals surface area contributed by atoms with Crippen molar-refractivity contribution >= 4 is 17.3 Å². The number of carbonyl (C=O) groups excluding carboxylic acids is 1. The lowest BCUT2D eigenvalue weighted by atomic mass is 10.3. The SMILES string of the molecule is CCOCCCC(=O)OCCc1scnc1C. The Morgan fingerprint density at radius 1 is 1.47 bits per heavy atom. The molecule has 0 amide bonds. The normalized spacial score (nSPS) is 10.5. The van der Waals surface area contributed by atoms with Crippen LogP contribution in [0.3, 0.4) is 0 Å². The third-order valence-electron chi connectivity index (χ3n) is 2.31. The van der Waals surface area contributed by atoms with Gasteiger partial charge in [0.25, 0.3) is 0 Å². The van der Waals surface area contributed by atoms with Crippen LogP contribution in [0.1, 0.15) is 30.3 Å². The molecule has 0 radical (unpaired) electrons. The topological polar surface area (TPSA) is 48.4 Å². The van der Waals surface area contributed by atoms with Crippen LogP contribution in [0, 0.1) is 6.92 Å². The van der Waals surface area contributed by atoms with Crippen LogP contribution in [0.2, 0.25) is 0 Å². The molecule has 0 fully saturated rings. The van der Waals surface area contributed by atoms with E-state index >= 15 is 0 Å². The van der Waals surface area contributed by atoms with Gasteiger partial charge >= 0.3 is 5.97 Å². The van der Waals surface area contributed by atoms with Crippen LogP contribution in [0.5, 0.6) is 0 Å². The molecule has 17 heavy (non-hydrogen) atoms. The van der Waals surface area contributed by atoms with Crippen molar-refractivity contribution in [1.29, 1.82) is 0 Å². The van der Waals surface area contributed by atoms with Crippen molar-refractivity contribution in [3.05, 3.63) is 16.1 Å². The third-order valence-corrected chi connectivity index (χ3v) is 3.31. The fourth-order valence-electron chi connectivity index (χ4n) is 1.36.